The second-order valence-corrected chi connectivity index (χ2v) is 6.90. The molecule has 0 saturated heterocycles. The molecule has 0 bridgehead atoms. The normalized spacial score (nSPS) is 18.5. The summed E-state index contributed by atoms with van der Waals surface area (Å²) in [5.41, 5.74) is 0.510. The number of hydrogen-bond donors (Lipinski definition) is 0. The molecule has 0 heterocycles. The van der Waals surface area contributed by atoms with Crippen molar-refractivity contribution in [3.63, 3.8) is 0 Å². The predicted molar refractivity (Wildman–Crippen MR) is 85.5 cm³/mol. The molecule has 0 unspecified atom stereocenters. The zero-order valence-electron chi connectivity index (χ0n) is 12.7. The van der Waals surface area contributed by atoms with E-state index >= 15 is 0 Å². The number of nitrogens with zero attached hydrogens (tertiary/aromatic N) is 1. The molecule has 1 saturated carbocycles. The lowest BCUT2D eigenvalue weighted by atomic mass is 9.80. The largest absolute Gasteiger partial charge is 0.303 e. The maximum atomic E-state index is 3.80. The Morgan fingerprint density at radius 1 is 1.06 bits per heavy atom. The highest BCUT2D eigenvalue weighted by atomic mass is 79.9. The van der Waals surface area contributed by atoms with Crippen LogP contribution in [0.1, 0.15) is 71.6 Å². The highest BCUT2D eigenvalue weighted by Crippen LogP contribution is 2.34. The van der Waals surface area contributed by atoms with Crippen LogP contribution in [0.3, 0.4) is 0 Å². The number of alkyl halides is 1. The van der Waals surface area contributed by atoms with Crippen molar-refractivity contribution < 1.29 is 0 Å². The van der Waals surface area contributed by atoms with Crippen LogP contribution in [0.25, 0.3) is 0 Å². The first-order valence-corrected chi connectivity index (χ1v) is 9.06. The summed E-state index contributed by atoms with van der Waals surface area (Å²) in [7, 11) is 2.36. The van der Waals surface area contributed by atoms with Gasteiger partial charge in [-0.3, -0.25) is 0 Å². The molecule has 0 atom stereocenters. The summed E-state index contributed by atoms with van der Waals surface area (Å²) in [6, 6.07) is 0.853. The van der Waals surface area contributed by atoms with E-state index in [1.54, 1.807) is 0 Å². The molecule has 1 aliphatic rings. The third-order valence-corrected chi connectivity index (χ3v) is 5.82. The van der Waals surface area contributed by atoms with E-state index < -0.39 is 0 Å². The van der Waals surface area contributed by atoms with Crippen molar-refractivity contribution in [2.75, 3.05) is 18.9 Å². The van der Waals surface area contributed by atoms with E-state index in [1.807, 2.05) is 0 Å². The Labute approximate surface area is 123 Å². The first kappa shape index (κ1) is 16.5. The van der Waals surface area contributed by atoms with Crippen LogP contribution >= 0.6 is 15.9 Å². The van der Waals surface area contributed by atoms with E-state index in [9.17, 15) is 0 Å². The van der Waals surface area contributed by atoms with Crippen molar-refractivity contribution in [2.24, 2.45) is 5.41 Å². The summed E-state index contributed by atoms with van der Waals surface area (Å²) in [5, 5.41) is 1.17. The zero-order chi connectivity index (χ0) is 13.4. The standard InChI is InChI=1S/C16H32BrN/c1-4-11-16(13-17,12-5-2)14-18(3)15-9-7-6-8-10-15/h15H,4-14H2,1-3H3. The second kappa shape index (κ2) is 8.58. The summed E-state index contributed by atoms with van der Waals surface area (Å²) >= 11 is 3.80. The van der Waals surface area contributed by atoms with E-state index in [4.69, 9.17) is 0 Å². The highest BCUT2D eigenvalue weighted by molar-refractivity contribution is 9.09. The zero-order valence-corrected chi connectivity index (χ0v) is 14.3. The Bertz CT molecular complexity index is 205. The SMILES string of the molecule is CCCC(CBr)(CCC)CN(C)C1CCCCC1. The van der Waals surface area contributed by atoms with Gasteiger partial charge in [-0.2, -0.15) is 0 Å². The smallest absolute Gasteiger partial charge is 0.0100 e. The predicted octanol–water partition coefficient (Wildman–Crippen LogP) is 5.23. The molecule has 0 aliphatic heterocycles. The molecule has 1 rings (SSSR count). The van der Waals surface area contributed by atoms with Gasteiger partial charge in [0, 0.05) is 17.9 Å². The molecular formula is C16H32BrN. The lowest BCUT2D eigenvalue weighted by Crippen LogP contribution is -2.43. The van der Waals surface area contributed by atoms with Crippen LogP contribution in [0.2, 0.25) is 0 Å². The van der Waals surface area contributed by atoms with Gasteiger partial charge in [0.05, 0.1) is 0 Å². The van der Waals surface area contributed by atoms with Gasteiger partial charge in [0.15, 0.2) is 0 Å². The van der Waals surface area contributed by atoms with Crippen LogP contribution in [0, 0.1) is 5.41 Å². The van der Waals surface area contributed by atoms with E-state index in [1.165, 1.54) is 69.7 Å². The van der Waals surface area contributed by atoms with Crippen molar-refractivity contribution in [3.8, 4) is 0 Å². The highest BCUT2D eigenvalue weighted by Gasteiger charge is 2.31. The monoisotopic (exact) mass is 317 g/mol. The third kappa shape index (κ3) is 4.85. The van der Waals surface area contributed by atoms with Crippen LogP contribution in [-0.4, -0.2) is 29.9 Å². The molecule has 0 aromatic carbocycles. The van der Waals surface area contributed by atoms with Gasteiger partial charge in [-0.05, 0) is 38.1 Å². The van der Waals surface area contributed by atoms with Crippen molar-refractivity contribution in [2.45, 2.75) is 77.7 Å². The molecule has 0 aromatic rings. The molecule has 1 fully saturated rings. The van der Waals surface area contributed by atoms with Gasteiger partial charge in [-0.15, -0.1) is 0 Å². The fourth-order valence-electron chi connectivity index (χ4n) is 3.70. The molecule has 0 N–H and O–H groups in total. The summed E-state index contributed by atoms with van der Waals surface area (Å²) < 4.78 is 0. The number of halogens is 1. The van der Waals surface area contributed by atoms with Crippen molar-refractivity contribution in [3.05, 3.63) is 0 Å². The van der Waals surface area contributed by atoms with Crippen LogP contribution in [0.5, 0.6) is 0 Å². The molecule has 2 heteroatoms. The Kier molecular flexibility index (Phi) is 7.86. The van der Waals surface area contributed by atoms with Crippen molar-refractivity contribution in [1.29, 1.82) is 0 Å². The maximum absolute atomic E-state index is 3.80. The average molecular weight is 318 g/mol. The summed E-state index contributed by atoms with van der Waals surface area (Å²) in [6.45, 7) is 5.94. The molecule has 1 aliphatic carbocycles. The third-order valence-electron chi connectivity index (χ3n) is 4.63. The minimum absolute atomic E-state index is 0.510. The molecular weight excluding hydrogens is 286 g/mol. The lowest BCUT2D eigenvalue weighted by molar-refractivity contribution is 0.112. The fourth-order valence-corrected chi connectivity index (χ4v) is 4.44. The van der Waals surface area contributed by atoms with Gasteiger partial charge in [0.1, 0.15) is 0 Å². The first-order valence-electron chi connectivity index (χ1n) is 7.93. The Morgan fingerprint density at radius 2 is 1.61 bits per heavy atom. The van der Waals surface area contributed by atoms with Crippen LogP contribution in [0.4, 0.5) is 0 Å². The first-order chi connectivity index (χ1) is 8.67. The molecule has 0 aromatic heterocycles. The Balaban J connectivity index is 2.56. The van der Waals surface area contributed by atoms with Gasteiger partial charge in [0.2, 0.25) is 0 Å². The molecule has 108 valence electrons. The van der Waals surface area contributed by atoms with Gasteiger partial charge < -0.3 is 4.90 Å². The lowest BCUT2D eigenvalue weighted by Gasteiger charge is -2.40. The van der Waals surface area contributed by atoms with E-state index in [0.717, 1.165) is 6.04 Å². The maximum Gasteiger partial charge on any atom is 0.0100 e. The summed E-state index contributed by atoms with van der Waals surface area (Å²) in [6.07, 6.45) is 12.5. The fraction of sp³-hybridized carbons (Fsp3) is 1.00. The Morgan fingerprint density at radius 3 is 2.06 bits per heavy atom. The number of hydrogen-bond acceptors (Lipinski definition) is 1. The van der Waals surface area contributed by atoms with Crippen molar-refractivity contribution in [1.82, 2.24) is 4.90 Å². The van der Waals surface area contributed by atoms with E-state index in [-0.39, 0.29) is 0 Å². The van der Waals surface area contributed by atoms with Gasteiger partial charge in [-0.25, -0.2) is 0 Å². The molecule has 1 nitrogen and oxygen atoms in total. The second-order valence-electron chi connectivity index (χ2n) is 6.34. The number of rotatable bonds is 8. The summed E-state index contributed by atoms with van der Waals surface area (Å²) in [4.78, 5) is 2.67. The molecule has 0 radical (unpaired) electrons. The van der Waals surface area contributed by atoms with E-state index in [0.29, 0.717) is 5.41 Å². The topological polar surface area (TPSA) is 3.24 Å². The minimum Gasteiger partial charge on any atom is -0.303 e. The van der Waals surface area contributed by atoms with Crippen LogP contribution in [0.15, 0.2) is 0 Å². The Hall–Kier alpha value is 0.440. The quantitative estimate of drug-likeness (QED) is 0.554. The van der Waals surface area contributed by atoms with Gasteiger partial charge in [-0.1, -0.05) is 61.9 Å². The van der Waals surface area contributed by atoms with Crippen LogP contribution < -0.4 is 0 Å². The average Bonchev–Trinajstić information content (AvgIpc) is 2.40. The molecule has 0 spiro atoms. The molecule has 0 amide bonds. The summed E-state index contributed by atoms with van der Waals surface area (Å²) in [5.74, 6) is 0. The molecule has 18 heavy (non-hydrogen) atoms. The van der Waals surface area contributed by atoms with E-state index in [2.05, 4.69) is 41.7 Å². The minimum atomic E-state index is 0.510. The van der Waals surface area contributed by atoms with Gasteiger partial charge in [0.25, 0.3) is 0 Å². The van der Waals surface area contributed by atoms with Crippen molar-refractivity contribution >= 4 is 15.9 Å². The van der Waals surface area contributed by atoms with Crippen LogP contribution in [-0.2, 0) is 0 Å². The van der Waals surface area contributed by atoms with Gasteiger partial charge >= 0.3 is 0 Å².